The molecule has 0 aliphatic carbocycles. The lowest BCUT2D eigenvalue weighted by molar-refractivity contribution is -0.0950. The molecule has 0 N–H and O–H groups in total. The highest BCUT2D eigenvalue weighted by atomic mass is 32.1. The molecular formula is C17H25NO3S. The van der Waals surface area contributed by atoms with Crippen molar-refractivity contribution in [2.45, 2.75) is 58.2 Å². The Balaban J connectivity index is 1.71. The second kappa shape index (κ2) is 5.53. The number of thiophene rings is 1. The molecule has 0 bridgehead atoms. The third-order valence-electron chi connectivity index (χ3n) is 4.32. The third kappa shape index (κ3) is 3.01. The zero-order chi connectivity index (χ0) is 16.0. The van der Waals surface area contributed by atoms with E-state index in [4.69, 9.17) is 9.47 Å². The third-order valence-corrected chi connectivity index (χ3v) is 5.60. The number of rotatable bonds is 0. The number of carbonyl (C=O) groups is 1. The molecule has 2 aliphatic rings. The van der Waals surface area contributed by atoms with Crippen LogP contribution in [0.25, 0.3) is 0 Å². The minimum Gasteiger partial charge on any atom is -0.444 e. The first-order valence-electron chi connectivity index (χ1n) is 8.01. The van der Waals surface area contributed by atoms with Gasteiger partial charge in [0.15, 0.2) is 0 Å². The van der Waals surface area contributed by atoms with Crippen molar-refractivity contribution in [3.05, 3.63) is 21.4 Å². The molecule has 3 heterocycles. The Morgan fingerprint density at radius 1 is 1.36 bits per heavy atom. The number of aryl methyl sites for hydroxylation is 1. The van der Waals surface area contributed by atoms with Crippen molar-refractivity contribution in [3.63, 3.8) is 0 Å². The van der Waals surface area contributed by atoms with Gasteiger partial charge >= 0.3 is 6.09 Å². The molecule has 0 unspecified atom stereocenters. The fraction of sp³-hybridized carbons (Fsp3) is 0.706. The minimum atomic E-state index is -0.439. The maximum atomic E-state index is 12.2. The molecule has 0 aromatic carbocycles. The molecule has 3 rings (SSSR count). The second-order valence-electron chi connectivity index (χ2n) is 7.27. The van der Waals surface area contributed by atoms with Crippen LogP contribution in [0.1, 0.15) is 48.9 Å². The van der Waals surface area contributed by atoms with Crippen molar-refractivity contribution in [1.29, 1.82) is 0 Å². The highest BCUT2D eigenvalue weighted by molar-refractivity contribution is 7.12. The topological polar surface area (TPSA) is 38.8 Å². The molecule has 22 heavy (non-hydrogen) atoms. The Kier molecular flexibility index (Phi) is 3.98. The van der Waals surface area contributed by atoms with Gasteiger partial charge in [0.05, 0.1) is 6.61 Å². The van der Waals surface area contributed by atoms with Crippen LogP contribution in [0, 0.1) is 6.92 Å². The van der Waals surface area contributed by atoms with Gasteiger partial charge in [0, 0.05) is 22.8 Å². The van der Waals surface area contributed by atoms with Crippen molar-refractivity contribution < 1.29 is 14.3 Å². The van der Waals surface area contributed by atoms with Gasteiger partial charge in [-0.15, -0.1) is 11.3 Å². The SMILES string of the molecule is Cc1cc2c(s1)C1(CCN(C(=O)OC(C)(C)C)CC1)OCC2. The van der Waals surface area contributed by atoms with Crippen LogP contribution in [-0.2, 0) is 21.5 Å². The number of ether oxygens (including phenoxy) is 2. The summed E-state index contributed by atoms with van der Waals surface area (Å²) in [5, 5.41) is 0. The standard InChI is InChI=1S/C17H25NO3S/c1-12-11-13-5-10-20-17(14(13)22-12)6-8-18(9-7-17)15(19)21-16(2,3)4/h11H,5-10H2,1-4H3. The number of likely N-dealkylation sites (tertiary alicyclic amines) is 1. The lowest BCUT2D eigenvalue weighted by Crippen LogP contribution is -2.49. The van der Waals surface area contributed by atoms with Gasteiger partial charge in [-0.05, 0) is 58.6 Å². The van der Waals surface area contributed by atoms with Crippen LogP contribution in [0.2, 0.25) is 0 Å². The largest absolute Gasteiger partial charge is 0.444 e. The van der Waals surface area contributed by atoms with Gasteiger partial charge in [-0.25, -0.2) is 4.79 Å². The van der Waals surface area contributed by atoms with E-state index in [0.29, 0.717) is 13.1 Å². The van der Waals surface area contributed by atoms with Gasteiger partial charge in [0.2, 0.25) is 0 Å². The Morgan fingerprint density at radius 3 is 2.68 bits per heavy atom. The van der Waals surface area contributed by atoms with E-state index in [2.05, 4.69) is 13.0 Å². The number of hydrogen-bond donors (Lipinski definition) is 0. The number of carbonyl (C=O) groups excluding carboxylic acids is 1. The summed E-state index contributed by atoms with van der Waals surface area (Å²) in [4.78, 5) is 16.8. The molecule has 1 spiro atoms. The van der Waals surface area contributed by atoms with Crippen LogP contribution in [0.5, 0.6) is 0 Å². The molecule has 1 aromatic heterocycles. The normalized spacial score (nSPS) is 20.8. The van der Waals surface area contributed by atoms with E-state index in [9.17, 15) is 4.79 Å². The monoisotopic (exact) mass is 323 g/mol. The summed E-state index contributed by atoms with van der Waals surface area (Å²) in [7, 11) is 0. The molecule has 5 heteroatoms. The summed E-state index contributed by atoms with van der Waals surface area (Å²) >= 11 is 1.86. The highest BCUT2D eigenvalue weighted by Gasteiger charge is 2.43. The smallest absolute Gasteiger partial charge is 0.410 e. The minimum absolute atomic E-state index is 0.176. The van der Waals surface area contributed by atoms with Crippen molar-refractivity contribution >= 4 is 17.4 Å². The van der Waals surface area contributed by atoms with E-state index in [1.165, 1.54) is 15.3 Å². The molecule has 4 nitrogen and oxygen atoms in total. The van der Waals surface area contributed by atoms with Crippen LogP contribution >= 0.6 is 11.3 Å². The Bertz CT molecular complexity index is 565. The van der Waals surface area contributed by atoms with E-state index < -0.39 is 5.60 Å². The summed E-state index contributed by atoms with van der Waals surface area (Å²) in [6.07, 6.45) is 2.52. The molecule has 1 saturated heterocycles. The van der Waals surface area contributed by atoms with Gasteiger partial charge in [-0.1, -0.05) is 0 Å². The van der Waals surface area contributed by atoms with Crippen LogP contribution in [0.3, 0.4) is 0 Å². The molecule has 1 amide bonds. The van der Waals surface area contributed by atoms with Crippen LogP contribution in [-0.4, -0.2) is 36.3 Å². The summed E-state index contributed by atoms with van der Waals surface area (Å²) in [5.41, 5.74) is 0.829. The number of fused-ring (bicyclic) bond motifs is 2. The summed E-state index contributed by atoms with van der Waals surface area (Å²) < 4.78 is 11.7. The molecule has 0 saturated carbocycles. The molecule has 0 radical (unpaired) electrons. The number of hydrogen-bond acceptors (Lipinski definition) is 4. The van der Waals surface area contributed by atoms with Gasteiger partial charge in [-0.3, -0.25) is 0 Å². The molecule has 2 aliphatic heterocycles. The van der Waals surface area contributed by atoms with Crippen molar-refractivity contribution in [2.75, 3.05) is 19.7 Å². The maximum absolute atomic E-state index is 12.2. The number of nitrogens with zero attached hydrogens (tertiary/aromatic N) is 1. The van der Waals surface area contributed by atoms with Crippen LogP contribution in [0.4, 0.5) is 4.79 Å². The van der Waals surface area contributed by atoms with E-state index >= 15 is 0 Å². The van der Waals surface area contributed by atoms with Gasteiger partial charge in [-0.2, -0.15) is 0 Å². The second-order valence-corrected chi connectivity index (χ2v) is 8.53. The first kappa shape index (κ1) is 15.8. The average Bonchev–Trinajstić information content (AvgIpc) is 2.80. The fourth-order valence-corrected chi connectivity index (χ4v) is 4.57. The molecule has 0 atom stereocenters. The lowest BCUT2D eigenvalue weighted by atomic mass is 9.85. The van der Waals surface area contributed by atoms with Crippen molar-refractivity contribution in [1.82, 2.24) is 4.90 Å². The zero-order valence-electron chi connectivity index (χ0n) is 13.9. The maximum Gasteiger partial charge on any atom is 0.410 e. The van der Waals surface area contributed by atoms with Crippen LogP contribution < -0.4 is 0 Å². The fourth-order valence-electron chi connectivity index (χ4n) is 3.31. The highest BCUT2D eigenvalue weighted by Crippen LogP contribution is 2.45. The zero-order valence-corrected chi connectivity index (χ0v) is 14.7. The van der Waals surface area contributed by atoms with Gasteiger partial charge in [0.1, 0.15) is 11.2 Å². The predicted molar refractivity (Wildman–Crippen MR) is 87.4 cm³/mol. The van der Waals surface area contributed by atoms with E-state index in [1.54, 1.807) is 0 Å². The molecular weight excluding hydrogens is 298 g/mol. The summed E-state index contributed by atoms with van der Waals surface area (Å²) in [6.45, 7) is 10.1. The Hall–Kier alpha value is -1.07. The van der Waals surface area contributed by atoms with Gasteiger partial charge in [0.25, 0.3) is 0 Å². The van der Waals surface area contributed by atoms with Crippen molar-refractivity contribution in [3.8, 4) is 0 Å². The first-order valence-corrected chi connectivity index (χ1v) is 8.82. The lowest BCUT2D eigenvalue weighted by Gasteiger charge is -2.43. The Labute approximate surface area is 136 Å². The quantitative estimate of drug-likeness (QED) is 0.728. The number of amides is 1. The van der Waals surface area contributed by atoms with E-state index in [-0.39, 0.29) is 11.7 Å². The molecule has 1 fully saturated rings. The van der Waals surface area contributed by atoms with Gasteiger partial charge < -0.3 is 14.4 Å². The Morgan fingerprint density at radius 2 is 2.05 bits per heavy atom. The first-order chi connectivity index (χ1) is 10.3. The van der Waals surface area contributed by atoms with E-state index in [0.717, 1.165) is 25.9 Å². The average molecular weight is 323 g/mol. The summed E-state index contributed by atoms with van der Waals surface area (Å²) in [5.74, 6) is 0. The molecule has 122 valence electrons. The molecule has 1 aromatic rings. The van der Waals surface area contributed by atoms with Crippen molar-refractivity contribution in [2.24, 2.45) is 0 Å². The summed E-state index contributed by atoms with van der Waals surface area (Å²) in [6, 6.07) is 2.30. The van der Waals surface area contributed by atoms with E-state index in [1.807, 2.05) is 37.0 Å². The van der Waals surface area contributed by atoms with Crippen LogP contribution in [0.15, 0.2) is 6.07 Å². The predicted octanol–water partition coefficient (Wildman–Crippen LogP) is 3.86. The number of piperidine rings is 1.